The second-order valence-electron chi connectivity index (χ2n) is 11.9. The number of rotatable bonds is 26. The number of hydrogen-bond donors (Lipinski definition) is 0. The topological polar surface area (TPSA) is 86.7 Å². The summed E-state index contributed by atoms with van der Waals surface area (Å²) >= 11 is 0. The number of carbonyl (C=O) groups excluding carboxylic acids is 4. The molecule has 0 bridgehead atoms. The van der Waals surface area contributed by atoms with Crippen LogP contribution in [0.15, 0.2) is 60.7 Å². The van der Waals surface area contributed by atoms with Gasteiger partial charge in [-0.25, -0.2) is 19.4 Å². The molecule has 0 atom stereocenters. The molecule has 0 aliphatic carbocycles. The van der Waals surface area contributed by atoms with Crippen molar-refractivity contribution in [2.45, 2.75) is 141 Å². The highest BCUT2D eigenvalue weighted by molar-refractivity contribution is 5.96. The van der Waals surface area contributed by atoms with E-state index in [0.717, 1.165) is 101 Å². The average Bonchev–Trinajstić information content (AvgIpc) is 3.05. The van der Waals surface area contributed by atoms with Crippen molar-refractivity contribution in [1.29, 1.82) is 0 Å². The lowest BCUT2D eigenvalue weighted by atomic mass is 10.0. The van der Waals surface area contributed by atoms with E-state index in [0.29, 0.717) is 12.8 Å². The van der Waals surface area contributed by atoms with Crippen molar-refractivity contribution in [3.8, 4) is 0 Å². The van der Waals surface area contributed by atoms with Crippen molar-refractivity contribution in [3.63, 3.8) is 0 Å². The molecule has 0 aromatic heterocycles. The average molecular weight is 607 g/mol. The molecule has 0 spiro atoms. The van der Waals surface area contributed by atoms with Gasteiger partial charge in [0.1, 0.15) is 0 Å². The fourth-order valence-corrected chi connectivity index (χ4v) is 5.30. The molecule has 0 saturated heterocycles. The summed E-state index contributed by atoms with van der Waals surface area (Å²) < 4.78 is 0. The molecule has 0 N–H and O–H groups in total. The second kappa shape index (κ2) is 25.1. The highest BCUT2D eigenvalue weighted by atomic mass is 17.2. The van der Waals surface area contributed by atoms with Crippen LogP contribution in [-0.4, -0.2) is 23.5 Å². The van der Waals surface area contributed by atoms with Crippen molar-refractivity contribution in [2.75, 3.05) is 0 Å². The Morgan fingerprint density at radius 3 is 0.886 bits per heavy atom. The maximum Gasteiger partial charge on any atom is 0.355 e. The third kappa shape index (κ3) is 19.1. The third-order valence-corrected chi connectivity index (χ3v) is 7.99. The lowest BCUT2D eigenvalue weighted by Gasteiger charge is -2.05. The third-order valence-electron chi connectivity index (χ3n) is 7.99. The molecular formula is C38H54O6. The second-order valence-corrected chi connectivity index (χ2v) is 11.9. The van der Waals surface area contributed by atoms with Crippen molar-refractivity contribution in [1.82, 2.24) is 0 Å². The molecule has 2 aromatic rings. The van der Waals surface area contributed by atoms with Crippen LogP contribution in [-0.2, 0) is 19.4 Å². The van der Waals surface area contributed by atoms with E-state index in [1.165, 1.54) is 25.7 Å². The number of ketones is 2. The van der Waals surface area contributed by atoms with Gasteiger partial charge in [0.05, 0.1) is 12.8 Å². The van der Waals surface area contributed by atoms with E-state index >= 15 is 0 Å². The zero-order chi connectivity index (χ0) is 31.5. The summed E-state index contributed by atoms with van der Waals surface area (Å²) in [7, 11) is 0. The minimum atomic E-state index is -0.479. The van der Waals surface area contributed by atoms with Gasteiger partial charge in [-0.15, -0.1) is 0 Å². The predicted molar refractivity (Wildman–Crippen MR) is 175 cm³/mol. The molecule has 44 heavy (non-hydrogen) atoms. The molecule has 0 saturated carbocycles. The molecular weight excluding hydrogens is 552 g/mol. The first kappa shape index (κ1) is 36.9. The first-order valence-electron chi connectivity index (χ1n) is 17.1. The highest BCUT2D eigenvalue weighted by Crippen LogP contribution is 2.15. The Morgan fingerprint density at radius 1 is 0.341 bits per heavy atom. The molecule has 0 heterocycles. The first-order valence-corrected chi connectivity index (χ1v) is 17.1. The van der Waals surface area contributed by atoms with Crippen LogP contribution >= 0.6 is 0 Å². The van der Waals surface area contributed by atoms with E-state index in [1.54, 1.807) is 0 Å². The minimum Gasteiger partial charge on any atom is -0.294 e. The minimum absolute atomic E-state index is 0.231. The van der Waals surface area contributed by atoms with Crippen LogP contribution in [0, 0.1) is 0 Å². The molecule has 0 amide bonds. The standard InChI is InChI=1S/C38H54O6/c39-35(33-25-17-15-18-26-33)29-21-11-7-3-1-5-9-13-23-31-37(41)43-44-38(42)32-24-14-10-6-2-4-8-12-22-30-36(40)34-27-19-16-20-28-34/h15-20,25-28H,1-14,21-24,29-32H2. The van der Waals surface area contributed by atoms with Crippen LogP contribution in [0.1, 0.15) is 162 Å². The normalized spacial score (nSPS) is 10.8. The number of unbranched alkanes of at least 4 members (excludes halogenated alkanes) is 16. The van der Waals surface area contributed by atoms with Crippen molar-refractivity contribution in [2.24, 2.45) is 0 Å². The van der Waals surface area contributed by atoms with E-state index in [1.807, 2.05) is 60.7 Å². The summed E-state index contributed by atoms with van der Waals surface area (Å²) in [4.78, 5) is 57.2. The number of hydrogen-bond acceptors (Lipinski definition) is 6. The number of Topliss-reactive ketones (excluding diaryl/α,β-unsaturated/α-hetero) is 2. The molecule has 0 unspecified atom stereocenters. The van der Waals surface area contributed by atoms with Gasteiger partial charge in [-0.05, 0) is 25.7 Å². The highest BCUT2D eigenvalue weighted by Gasteiger charge is 2.10. The van der Waals surface area contributed by atoms with Crippen LogP contribution in [0.3, 0.4) is 0 Å². The van der Waals surface area contributed by atoms with Gasteiger partial charge >= 0.3 is 11.9 Å². The SMILES string of the molecule is O=C(CCCCCCCCCCCC(=O)c1ccccc1)OOC(=O)CCCCCCCCCCCC(=O)c1ccccc1. The van der Waals surface area contributed by atoms with Gasteiger partial charge < -0.3 is 0 Å². The van der Waals surface area contributed by atoms with Crippen molar-refractivity contribution < 1.29 is 29.0 Å². The van der Waals surface area contributed by atoms with E-state index in [4.69, 9.17) is 0 Å². The molecule has 0 fully saturated rings. The van der Waals surface area contributed by atoms with E-state index in [9.17, 15) is 19.2 Å². The lowest BCUT2D eigenvalue weighted by molar-refractivity contribution is -0.259. The Balaban J connectivity index is 1.27. The van der Waals surface area contributed by atoms with Gasteiger partial charge in [0.2, 0.25) is 0 Å². The maximum atomic E-state index is 12.1. The molecule has 2 rings (SSSR count). The zero-order valence-corrected chi connectivity index (χ0v) is 26.8. The zero-order valence-electron chi connectivity index (χ0n) is 26.8. The smallest absolute Gasteiger partial charge is 0.294 e. The fourth-order valence-electron chi connectivity index (χ4n) is 5.30. The predicted octanol–water partition coefficient (Wildman–Crippen LogP) is 10.3. The maximum absolute atomic E-state index is 12.1. The van der Waals surface area contributed by atoms with Crippen LogP contribution in [0.5, 0.6) is 0 Å². The fraction of sp³-hybridized carbons (Fsp3) is 0.579. The molecule has 242 valence electrons. The summed E-state index contributed by atoms with van der Waals surface area (Å²) in [6, 6.07) is 19.0. The molecule has 6 nitrogen and oxygen atoms in total. The Morgan fingerprint density at radius 2 is 0.591 bits per heavy atom. The molecule has 0 aliphatic heterocycles. The van der Waals surface area contributed by atoms with Crippen LogP contribution in [0.25, 0.3) is 0 Å². The van der Waals surface area contributed by atoms with Gasteiger partial charge in [0, 0.05) is 24.0 Å². The van der Waals surface area contributed by atoms with Crippen molar-refractivity contribution in [3.05, 3.63) is 71.8 Å². The Hall–Kier alpha value is -3.28. The summed E-state index contributed by atoms with van der Waals surface area (Å²) in [6.07, 6.45) is 20.7. The van der Waals surface area contributed by atoms with E-state index in [-0.39, 0.29) is 24.4 Å². The van der Waals surface area contributed by atoms with Crippen LogP contribution < -0.4 is 0 Å². The lowest BCUT2D eigenvalue weighted by Crippen LogP contribution is -2.11. The van der Waals surface area contributed by atoms with Gasteiger partial charge in [-0.2, -0.15) is 0 Å². The van der Waals surface area contributed by atoms with Gasteiger partial charge in [0.15, 0.2) is 11.6 Å². The van der Waals surface area contributed by atoms with E-state index < -0.39 is 11.9 Å². The summed E-state index contributed by atoms with van der Waals surface area (Å²) in [5, 5.41) is 0. The monoisotopic (exact) mass is 606 g/mol. The molecule has 2 aromatic carbocycles. The van der Waals surface area contributed by atoms with Gasteiger partial charge in [0.25, 0.3) is 0 Å². The van der Waals surface area contributed by atoms with Crippen LogP contribution in [0.2, 0.25) is 0 Å². The first-order chi connectivity index (χ1) is 21.6. The van der Waals surface area contributed by atoms with E-state index in [2.05, 4.69) is 9.78 Å². The Bertz CT molecular complexity index is 964. The Kier molecular flexibility index (Phi) is 21.0. The number of benzene rings is 2. The van der Waals surface area contributed by atoms with Crippen molar-refractivity contribution >= 4 is 23.5 Å². The summed E-state index contributed by atoms with van der Waals surface area (Å²) in [6.45, 7) is 0. The number of carbonyl (C=O) groups is 4. The largest absolute Gasteiger partial charge is 0.355 e. The summed E-state index contributed by atoms with van der Waals surface area (Å²) in [5.41, 5.74) is 1.61. The molecule has 0 radical (unpaired) electrons. The molecule has 0 aliphatic rings. The summed E-state index contributed by atoms with van der Waals surface area (Å²) in [5.74, 6) is -0.495. The molecule has 6 heteroatoms. The van der Waals surface area contributed by atoms with Gasteiger partial charge in [-0.1, -0.05) is 151 Å². The Labute approximate surface area is 265 Å². The van der Waals surface area contributed by atoms with Crippen LogP contribution in [0.4, 0.5) is 0 Å². The van der Waals surface area contributed by atoms with Gasteiger partial charge in [-0.3, -0.25) is 9.59 Å². The quantitative estimate of drug-likeness (QED) is 0.0458.